The number of carbonyl (C=O) groups is 1. The maximum atomic E-state index is 12.2. The summed E-state index contributed by atoms with van der Waals surface area (Å²) >= 11 is 1.19. The molecule has 0 spiro atoms. The zero-order valence-electron chi connectivity index (χ0n) is 10.7. The number of ketones is 1. The lowest BCUT2D eigenvalue weighted by Gasteiger charge is -2.04. The van der Waals surface area contributed by atoms with Crippen LogP contribution in [0.3, 0.4) is 0 Å². The van der Waals surface area contributed by atoms with Crippen LogP contribution in [0.15, 0.2) is 27.2 Å². The Balaban J connectivity index is 2.56. The maximum Gasteiger partial charge on any atom is 0.330 e. The van der Waals surface area contributed by atoms with Crippen LogP contribution in [0, 0.1) is 0 Å². The van der Waals surface area contributed by atoms with Gasteiger partial charge in [-0.2, -0.15) is 0 Å². The molecule has 100 valence electrons. The van der Waals surface area contributed by atoms with Gasteiger partial charge < -0.3 is 9.30 Å². The van der Waals surface area contributed by atoms with E-state index in [1.54, 1.807) is 11.4 Å². The summed E-state index contributed by atoms with van der Waals surface area (Å²) in [6, 6.07) is 1.57. The lowest BCUT2D eigenvalue weighted by Crippen LogP contribution is -2.39. The summed E-state index contributed by atoms with van der Waals surface area (Å²) < 4.78 is 7.12. The summed E-state index contributed by atoms with van der Waals surface area (Å²) in [5.41, 5.74) is -1.10. The van der Waals surface area contributed by atoms with Crippen molar-refractivity contribution in [3.05, 3.63) is 48.9 Å². The van der Waals surface area contributed by atoms with E-state index in [4.69, 9.17) is 4.74 Å². The molecule has 0 aliphatic carbocycles. The molecule has 0 bridgehead atoms. The van der Waals surface area contributed by atoms with Crippen LogP contribution in [-0.4, -0.2) is 22.0 Å². The third-order valence-corrected chi connectivity index (χ3v) is 3.63. The van der Waals surface area contributed by atoms with Crippen molar-refractivity contribution in [3.8, 4) is 5.75 Å². The van der Waals surface area contributed by atoms with Crippen molar-refractivity contribution in [2.45, 2.75) is 0 Å². The first-order valence-corrected chi connectivity index (χ1v) is 6.27. The van der Waals surface area contributed by atoms with E-state index < -0.39 is 17.0 Å². The Bertz CT molecular complexity index is 754. The summed E-state index contributed by atoms with van der Waals surface area (Å²) in [7, 11) is 4.34. The summed E-state index contributed by atoms with van der Waals surface area (Å²) in [4.78, 5) is 36.1. The second-order valence-corrected chi connectivity index (χ2v) is 4.89. The third kappa shape index (κ3) is 2.24. The number of hydrogen-bond donors (Lipinski definition) is 0. The van der Waals surface area contributed by atoms with Gasteiger partial charge in [0.2, 0.25) is 5.78 Å². The lowest BCUT2D eigenvalue weighted by atomic mass is 10.2. The monoisotopic (exact) mass is 280 g/mol. The van der Waals surface area contributed by atoms with E-state index in [1.807, 2.05) is 0 Å². The third-order valence-electron chi connectivity index (χ3n) is 2.73. The van der Waals surface area contributed by atoms with Crippen molar-refractivity contribution in [1.29, 1.82) is 0 Å². The molecule has 0 N–H and O–H groups in total. The van der Waals surface area contributed by atoms with E-state index in [0.717, 1.165) is 4.57 Å². The molecule has 0 saturated heterocycles. The normalized spacial score (nSPS) is 10.5. The summed E-state index contributed by atoms with van der Waals surface area (Å²) in [6.07, 6.45) is 1.26. The van der Waals surface area contributed by atoms with Crippen LogP contribution in [0.2, 0.25) is 0 Å². The second kappa shape index (κ2) is 4.85. The van der Waals surface area contributed by atoms with Gasteiger partial charge >= 0.3 is 5.69 Å². The minimum absolute atomic E-state index is 0.0332. The zero-order valence-corrected chi connectivity index (χ0v) is 11.5. The molecule has 7 heteroatoms. The number of aryl methyl sites for hydroxylation is 1. The predicted molar refractivity (Wildman–Crippen MR) is 71.2 cm³/mol. The fourth-order valence-electron chi connectivity index (χ4n) is 1.64. The number of rotatable bonds is 3. The summed E-state index contributed by atoms with van der Waals surface area (Å²) in [6.45, 7) is 0. The quantitative estimate of drug-likeness (QED) is 0.762. The van der Waals surface area contributed by atoms with E-state index >= 15 is 0 Å². The number of aromatic nitrogens is 2. The van der Waals surface area contributed by atoms with Crippen LogP contribution in [0.1, 0.15) is 15.2 Å². The van der Waals surface area contributed by atoms with Gasteiger partial charge in [0, 0.05) is 31.7 Å². The van der Waals surface area contributed by atoms with E-state index in [2.05, 4.69) is 0 Å². The van der Waals surface area contributed by atoms with Crippen LogP contribution < -0.4 is 16.0 Å². The molecule has 0 aliphatic rings. The van der Waals surface area contributed by atoms with Crippen molar-refractivity contribution in [2.75, 3.05) is 7.11 Å². The van der Waals surface area contributed by atoms with Crippen LogP contribution in [0.5, 0.6) is 5.75 Å². The Hall–Kier alpha value is -2.15. The molecular weight excluding hydrogens is 268 g/mol. The molecular formula is C12H12N2O4S. The smallest absolute Gasteiger partial charge is 0.330 e. The molecule has 0 radical (unpaired) electrons. The maximum absolute atomic E-state index is 12.2. The highest BCUT2D eigenvalue weighted by atomic mass is 32.1. The number of ether oxygens (including phenoxy) is 1. The van der Waals surface area contributed by atoms with Gasteiger partial charge in [-0.15, -0.1) is 11.3 Å². The van der Waals surface area contributed by atoms with E-state index in [0.29, 0.717) is 10.6 Å². The van der Waals surface area contributed by atoms with Crippen LogP contribution in [0.25, 0.3) is 0 Å². The Kier molecular flexibility index (Phi) is 3.39. The molecule has 2 heterocycles. The first kappa shape index (κ1) is 13.3. The zero-order chi connectivity index (χ0) is 14.2. The first-order valence-electron chi connectivity index (χ1n) is 5.39. The van der Waals surface area contributed by atoms with E-state index in [-0.39, 0.29) is 5.56 Å². The standard InChI is InChI=1S/C12H12N2O4S/c1-13-5-8(11(16)14(2)12(13)17)10(15)9-4-7(18-3)6-19-9/h4-6H,1-3H3. The molecule has 2 rings (SSSR count). The molecule has 0 aliphatic heterocycles. The van der Waals surface area contributed by atoms with E-state index in [1.165, 1.54) is 43.3 Å². The number of carbonyl (C=O) groups excluding carboxylic acids is 1. The SMILES string of the molecule is COc1csc(C(=O)c2cn(C)c(=O)n(C)c2=O)c1. The summed E-state index contributed by atoms with van der Waals surface area (Å²) in [5, 5.41) is 1.68. The van der Waals surface area contributed by atoms with Gasteiger partial charge in [-0.25, -0.2) is 4.79 Å². The average Bonchev–Trinajstić information content (AvgIpc) is 2.88. The Morgan fingerprint density at radius 3 is 2.58 bits per heavy atom. The molecule has 0 atom stereocenters. The molecule has 0 saturated carbocycles. The fourth-order valence-corrected chi connectivity index (χ4v) is 2.45. The number of hydrogen-bond acceptors (Lipinski definition) is 5. The second-order valence-electron chi connectivity index (χ2n) is 3.98. The molecule has 0 aromatic carbocycles. The minimum Gasteiger partial charge on any atom is -0.496 e. The van der Waals surface area contributed by atoms with Gasteiger partial charge in [-0.3, -0.25) is 14.2 Å². The lowest BCUT2D eigenvalue weighted by molar-refractivity contribution is 0.103. The van der Waals surface area contributed by atoms with Gasteiger partial charge in [-0.05, 0) is 0 Å². The van der Waals surface area contributed by atoms with Crippen LogP contribution in [-0.2, 0) is 14.1 Å². The Labute approximate surface area is 112 Å². The van der Waals surface area contributed by atoms with Gasteiger partial charge in [0.05, 0.1) is 12.0 Å². The van der Waals surface area contributed by atoms with E-state index in [9.17, 15) is 14.4 Å². The van der Waals surface area contributed by atoms with Crippen molar-refractivity contribution in [2.24, 2.45) is 14.1 Å². The van der Waals surface area contributed by atoms with Gasteiger partial charge in [-0.1, -0.05) is 0 Å². The number of nitrogens with zero attached hydrogens (tertiary/aromatic N) is 2. The van der Waals surface area contributed by atoms with Crippen molar-refractivity contribution in [3.63, 3.8) is 0 Å². The average molecular weight is 280 g/mol. The molecule has 6 nitrogen and oxygen atoms in total. The van der Waals surface area contributed by atoms with Gasteiger partial charge in [0.1, 0.15) is 11.3 Å². The van der Waals surface area contributed by atoms with Crippen molar-refractivity contribution < 1.29 is 9.53 Å². The number of thiophene rings is 1. The Morgan fingerprint density at radius 2 is 2.00 bits per heavy atom. The first-order chi connectivity index (χ1) is 8.95. The highest BCUT2D eigenvalue weighted by molar-refractivity contribution is 7.12. The predicted octanol–water partition coefficient (Wildman–Crippen LogP) is 0.385. The van der Waals surface area contributed by atoms with Crippen LogP contribution >= 0.6 is 11.3 Å². The highest BCUT2D eigenvalue weighted by Gasteiger charge is 2.18. The van der Waals surface area contributed by atoms with Gasteiger partial charge in [0.15, 0.2) is 0 Å². The highest BCUT2D eigenvalue weighted by Crippen LogP contribution is 2.22. The van der Waals surface area contributed by atoms with Gasteiger partial charge in [0.25, 0.3) is 5.56 Å². The fraction of sp³-hybridized carbons (Fsp3) is 0.250. The molecule has 2 aromatic rings. The topological polar surface area (TPSA) is 70.3 Å². The minimum atomic E-state index is -0.597. The summed E-state index contributed by atoms with van der Waals surface area (Å²) in [5.74, 6) is 0.152. The molecule has 2 aromatic heterocycles. The van der Waals surface area contributed by atoms with Crippen molar-refractivity contribution in [1.82, 2.24) is 9.13 Å². The van der Waals surface area contributed by atoms with Crippen molar-refractivity contribution >= 4 is 17.1 Å². The number of methoxy groups -OCH3 is 1. The molecule has 0 amide bonds. The molecule has 0 unspecified atom stereocenters. The largest absolute Gasteiger partial charge is 0.496 e. The molecule has 0 fully saturated rings. The van der Waals surface area contributed by atoms with Crippen LogP contribution in [0.4, 0.5) is 0 Å². The molecule has 19 heavy (non-hydrogen) atoms. The Morgan fingerprint density at radius 1 is 1.32 bits per heavy atom.